The zero-order valence-corrected chi connectivity index (χ0v) is 16.6. The van der Waals surface area contributed by atoms with Crippen LogP contribution in [0.25, 0.3) is 0 Å². The first-order valence-corrected chi connectivity index (χ1v) is 2.19. The van der Waals surface area contributed by atoms with Gasteiger partial charge in [0, 0.05) is 0 Å². The summed E-state index contributed by atoms with van der Waals surface area (Å²) in [7, 11) is 0. The second-order valence-corrected chi connectivity index (χ2v) is 0.894. The molecule has 0 aromatic carbocycles. The van der Waals surface area contributed by atoms with Gasteiger partial charge >= 0.3 is 37.7 Å². The van der Waals surface area contributed by atoms with Crippen LogP contribution >= 0.6 is 0 Å². The molecule has 0 bridgehead atoms. The minimum Gasteiger partial charge on any atom is -0.412 e. The Morgan fingerprint density at radius 1 is 0.310 bits per heavy atom. The van der Waals surface area contributed by atoms with Crippen LogP contribution in [0.4, 0.5) is 0 Å². The molecule has 0 rings (SSSR count). The molecule has 0 heterocycles. The zero-order valence-electron chi connectivity index (χ0n) is 14.4. The van der Waals surface area contributed by atoms with Crippen LogP contribution < -0.4 is 12.3 Å². The summed E-state index contributed by atoms with van der Waals surface area (Å²) in [5, 5.41) is 59.0. The van der Waals surface area contributed by atoms with Gasteiger partial charge in [-0.05, 0) is 0 Å². The summed E-state index contributed by atoms with van der Waals surface area (Å²) >= 11 is 0. The molecule has 29 heavy (non-hydrogen) atoms. The van der Waals surface area contributed by atoms with Gasteiger partial charge in [-0.15, -0.1) is 0 Å². The molecule has 0 amide bonds. The van der Waals surface area contributed by atoms with Gasteiger partial charge in [0.25, 0.3) is 0 Å². The fourth-order valence-corrected chi connectivity index (χ4v) is 0. The van der Waals surface area contributed by atoms with Crippen molar-refractivity contribution in [2.24, 2.45) is 0 Å². The van der Waals surface area contributed by atoms with E-state index < -0.39 is 20.3 Å². The normalized spacial score (nSPS) is 3.31. The Labute approximate surface area is 186 Å². The number of hydrogen-bond donors (Lipinski definition) is 2. The molecule has 0 saturated carbocycles. The molecule has 29 heteroatoms. The van der Waals surface area contributed by atoms with Gasteiger partial charge in [0.05, 0.1) is 20.3 Å². The van der Waals surface area contributed by atoms with Crippen LogP contribution in [-0.4, -0.2) is 113 Å². The fourth-order valence-electron chi connectivity index (χ4n) is 0. The molecule has 0 fully saturated rings. The van der Waals surface area contributed by atoms with Gasteiger partial charge in [-0.1, -0.05) is 0 Å². The number of quaternary nitrogens is 2. The fraction of sp³-hybridized carbons (Fsp3) is 0. The van der Waals surface area contributed by atoms with Gasteiger partial charge in [-0.2, -0.15) is 0 Å². The van der Waals surface area contributed by atoms with Crippen LogP contribution in [0.5, 0.6) is 0 Å². The third-order valence-electron chi connectivity index (χ3n) is 0. The van der Waals surface area contributed by atoms with E-state index in [0.717, 1.165) is 0 Å². The Morgan fingerprint density at radius 3 is 0.310 bits per heavy atom. The van der Waals surface area contributed by atoms with Crippen molar-refractivity contribution in [2.75, 3.05) is 0 Å². The summed E-state index contributed by atoms with van der Waals surface area (Å²) in [6.07, 6.45) is 0. The van der Waals surface area contributed by atoms with E-state index in [9.17, 15) is 0 Å². The molecular weight excluding hydrogens is 476 g/mol. The Bertz CT molecular complexity index is 167. The summed E-state index contributed by atoms with van der Waals surface area (Å²) in [5.74, 6) is 0. The maximum absolute atomic E-state index is 8.25. The maximum atomic E-state index is 8.25. The van der Waals surface area contributed by atoms with Crippen molar-refractivity contribution in [3.8, 4) is 0 Å². The first kappa shape index (κ1) is 190. The predicted octanol–water partition coefficient (Wildman–Crippen LogP) is -8.83. The minimum atomic E-state index is -1.75. The van der Waals surface area contributed by atoms with E-state index in [0.29, 0.717) is 0 Å². The quantitative estimate of drug-likeness (QED) is 0.176. The first-order valence-electron chi connectivity index (χ1n) is 2.19. The molecule has 0 aromatic heterocycles. The van der Waals surface area contributed by atoms with E-state index in [1.54, 1.807) is 0 Å². The maximum Gasteiger partial charge on any atom is 2.00 e. The van der Waals surface area contributed by atoms with Crippen molar-refractivity contribution in [3.63, 3.8) is 0 Å². The molecule has 192 valence electrons. The second kappa shape index (κ2) is 168. The zero-order chi connectivity index (χ0) is 14.3. The molecule has 0 aromatic rings. The molecule has 28 nitrogen and oxygen atoms in total. The Balaban J connectivity index is -0.00000000384. The summed E-state index contributed by atoms with van der Waals surface area (Å²) in [6, 6.07) is 0. The van der Waals surface area contributed by atoms with Gasteiger partial charge in [0.2, 0.25) is 0 Å². The first-order chi connectivity index (χ1) is 6.93. The van der Waals surface area contributed by atoms with Crippen molar-refractivity contribution in [1.82, 2.24) is 12.3 Å². The molecule has 0 aliphatic heterocycles. The van der Waals surface area contributed by atoms with Gasteiger partial charge in [0.1, 0.15) is 0 Å². The van der Waals surface area contributed by atoms with E-state index in [1.807, 2.05) is 0 Å². The molecule has 0 aliphatic carbocycles. The molecule has 0 saturated heterocycles. The minimum absolute atomic E-state index is 0. The molecule has 0 radical (unpaired) electrons. The number of nitrogens with zero attached hydrogens (tertiary/aromatic N) is 4. The van der Waals surface area contributed by atoms with Crippen molar-refractivity contribution in [2.45, 2.75) is 0 Å². The van der Waals surface area contributed by atoms with Crippen molar-refractivity contribution < 1.29 is 75.1 Å². The van der Waals surface area contributed by atoms with Crippen molar-refractivity contribution in [1.29, 1.82) is 0 Å². The van der Waals surface area contributed by atoms with Crippen molar-refractivity contribution >= 4 is 37.7 Å². The Hall–Kier alpha value is -2.42. The second-order valence-electron chi connectivity index (χ2n) is 0.894. The summed E-state index contributed by atoms with van der Waals surface area (Å²) < 4.78 is 0. The molecule has 0 aliphatic rings. The van der Waals surface area contributed by atoms with Gasteiger partial charge < -0.3 is 128 Å². The largest absolute Gasteiger partial charge is 2.00 e. The Kier molecular flexibility index (Phi) is 1100. The van der Waals surface area contributed by atoms with Crippen LogP contribution in [0, 0.1) is 61.3 Å². The van der Waals surface area contributed by atoms with Crippen LogP contribution in [0.2, 0.25) is 0 Å². The summed E-state index contributed by atoms with van der Waals surface area (Å²) in [4.78, 5) is 33.0. The third-order valence-corrected chi connectivity index (χ3v) is 0. The molecule has 0 unspecified atom stereocenters. The van der Waals surface area contributed by atoms with Gasteiger partial charge in [0.15, 0.2) is 0 Å². The smallest absolute Gasteiger partial charge is 0.412 e. The van der Waals surface area contributed by atoms with Crippen LogP contribution in [0.15, 0.2) is 0 Å². The third kappa shape index (κ3) is 2430. The molecule has 0 atom stereocenters. The standard InChI is InChI=1S/Ca.4NO3.2H3N.10H2O/c;4*2-1(3)4;;;;;;;;;;;;/h;;;;;2*1H3;10*1H2/q+2;4*-1;;;;;;;;;;;;/p+2. The number of rotatable bonds is 0. The SMILES string of the molecule is O.O.O.O.O.O.O.O.O.O.O=[N+]([O-])[O-].O=[N+]([O-])[O-].O=[N+]([O-])[O-].O=[N+]([O-])[O-].[Ca+2].[NH4+].[NH4+]. The number of hydrogen-bond acceptors (Lipinski definition) is 12. The predicted molar refractivity (Wildman–Crippen MR) is 95.3 cm³/mol. The van der Waals surface area contributed by atoms with E-state index in [2.05, 4.69) is 0 Å². The van der Waals surface area contributed by atoms with Crippen LogP contribution in [0.1, 0.15) is 0 Å². The summed E-state index contributed by atoms with van der Waals surface area (Å²) in [6.45, 7) is 0. The van der Waals surface area contributed by atoms with Crippen molar-refractivity contribution in [3.05, 3.63) is 61.3 Å². The van der Waals surface area contributed by atoms with E-state index in [4.69, 9.17) is 61.3 Å². The topological polar surface area (TPSA) is 653 Å². The van der Waals surface area contributed by atoms with E-state index in [1.165, 1.54) is 0 Å². The molecule has 0 spiro atoms. The molecule has 28 N–H and O–H groups in total. The average Bonchev–Trinajstić information content (AvgIpc) is 1.76. The van der Waals surface area contributed by atoms with Gasteiger partial charge in [-0.3, -0.25) is 0 Å². The summed E-state index contributed by atoms with van der Waals surface area (Å²) in [5.41, 5.74) is 0. The molecular formula is H28CaN6O22. The van der Waals surface area contributed by atoms with E-state index in [-0.39, 0.29) is 105 Å². The van der Waals surface area contributed by atoms with E-state index >= 15 is 0 Å². The van der Waals surface area contributed by atoms with Crippen LogP contribution in [0.3, 0.4) is 0 Å². The average molecular weight is 504 g/mol. The monoisotopic (exact) mass is 504 g/mol. The Morgan fingerprint density at radius 2 is 0.310 bits per heavy atom. The van der Waals surface area contributed by atoms with Gasteiger partial charge in [-0.25, -0.2) is 0 Å². The van der Waals surface area contributed by atoms with Crippen LogP contribution in [-0.2, 0) is 0 Å².